The van der Waals surface area contributed by atoms with E-state index < -0.39 is 0 Å². The van der Waals surface area contributed by atoms with E-state index in [0.717, 1.165) is 17.7 Å². The van der Waals surface area contributed by atoms with Gasteiger partial charge < -0.3 is 39.1 Å². The lowest BCUT2D eigenvalue weighted by atomic mass is 10.1. The first-order valence-electron chi connectivity index (χ1n) is 10.1. The van der Waals surface area contributed by atoms with Gasteiger partial charge in [0, 0.05) is 13.1 Å². The molecule has 0 unspecified atom stereocenters. The molecule has 32 heavy (non-hydrogen) atoms. The van der Waals surface area contributed by atoms with Crippen LogP contribution in [-0.2, 0) is 13.1 Å². The lowest BCUT2D eigenvalue weighted by Gasteiger charge is -2.16. The first-order chi connectivity index (χ1) is 15.5. The minimum absolute atomic E-state index is 0.418. The second-order valence-electron chi connectivity index (χ2n) is 6.62. The third-order valence-corrected chi connectivity index (χ3v) is 4.67. The van der Waals surface area contributed by atoms with Crippen LogP contribution in [0.4, 0.5) is 0 Å². The summed E-state index contributed by atoms with van der Waals surface area (Å²) in [5, 5.41) is 6.57. The fourth-order valence-corrected chi connectivity index (χ4v) is 3.16. The number of aliphatic imine (C=N–C) groups is 1. The second kappa shape index (κ2) is 12.4. The van der Waals surface area contributed by atoms with E-state index in [1.807, 2.05) is 31.2 Å². The van der Waals surface area contributed by atoms with Crippen LogP contribution in [0.5, 0.6) is 34.5 Å². The van der Waals surface area contributed by atoms with Crippen LogP contribution in [0.2, 0.25) is 0 Å². The average Bonchev–Trinajstić information content (AvgIpc) is 2.83. The molecule has 0 saturated carbocycles. The molecule has 0 saturated heterocycles. The minimum Gasteiger partial charge on any atom is -0.493 e. The van der Waals surface area contributed by atoms with Crippen LogP contribution < -0.4 is 39.1 Å². The summed E-state index contributed by atoms with van der Waals surface area (Å²) in [5.41, 5.74) is 1.88. The predicted molar refractivity (Wildman–Crippen MR) is 124 cm³/mol. The zero-order valence-corrected chi connectivity index (χ0v) is 19.8. The van der Waals surface area contributed by atoms with Crippen molar-refractivity contribution in [1.82, 2.24) is 10.6 Å². The van der Waals surface area contributed by atoms with E-state index in [0.29, 0.717) is 53.5 Å². The van der Waals surface area contributed by atoms with Crippen molar-refractivity contribution in [3.05, 3.63) is 35.4 Å². The Labute approximate surface area is 189 Å². The molecule has 0 spiro atoms. The molecule has 176 valence electrons. The maximum atomic E-state index is 5.43. The normalized spacial score (nSPS) is 10.9. The number of rotatable bonds is 11. The van der Waals surface area contributed by atoms with Crippen LogP contribution in [0.25, 0.3) is 0 Å². The summed E-state index contributed by atoms with van der Waals surface area (Å²) in [6.45, 7) is 3.66. The molecule has 0 aliphatic heterocycles. The maximum Gasteiger partial charge on any atom is 0.203 e. The molecule has 9 heteroatoms. The van der Waals surface area contributed by atoms with Crippen LogP contribution in [0.15, 0.2) is 29.3 Å². The van der Waals surface area contributed by atoms with E-state index >= 15 is 0 Å². The molecule has 0 amide bonds. The molecule has 0 aromatic heterocycles. The number of methoxy groups -OCH3 is 6. The quantitative estimate of drug-likeness (QED) is 0.401. The van der Waals surface area contributed by atoms with E-state index in [1.54, 1.807) is 42.7 Å². The minimum atomic E-state index is 0.418. The molecule has 9 nitrogen and oxygen atoms in total. The zero-order chi connectivity index (χ0) is 23.5. The number of guanidine groups is 1. The molecule has 0 fully saturated rings. The highest BCUT2D eigenvalue weighted by Gasteiger charge is 2.14. The molecular weight excluding hydrogens is 414 g/mol. The number of hydrogen-bond donors (Lipinski definition) is 2. The summed E-state index contributed by atoms with van der Waals surface area (Å²) in [7, 11) is 9.53. The van der Waals surface area contributed by atoms with Gasteiger partial charge in [-0.05, 0) is 42.3 Å². The van der Waals surface area contributed by atoms with Crippen LogP contribution in [0, 0.1) is 0 Å². The molecular formula is C23H33N3O6. The summed E-state index contributed by atoms with van der Waals surface area (Å²) in [4.78, 5) is 4.68. The van der Waals surface area contributed by atoms with Gasteiger partial charge in [-0.1, -0.05) is 0 Å². The average molecular weight is 448 g/mol. The summed E-state index contributed by atoms with van der Waals surface area (Å²) in [5.74, 6) is 4.15. The Morgan fingerprint density at radius 2 is 1.09 bits per heavy atom. The SMILES string of the molecule is CCNC(=NCc1cc(OC)c(OC)c(OC)c1)NCc1cc(OC)c(OC)c(OC)c1. The fourth-order valence-electron chi connectivity index (χ4n) is 3.16. The standard InChI is InChI=1S/C23H33N3O6/c1-8-24-23(25-13-15-9-17(27-2)21(31-6)18(10-15)28-3)26-14-16-11-19(29-4)22(32-7)20(12-16)30-5/h9-12H,8,13-14H2,1-7H3,(H2,24,25,26). The number of benzene rings is 2. The van der Waals surface area contributed by atoms with E-state index in [2.05, 4.69) is 15.6 Å². The Morgan fingerprint density at radius 1 is 0.656 bits per heavy atom. The third-order valence-electron chi connectivity index (χ3n) is 4.67. The van der Waals surface area contributed by atoms with Crippen molar-refractivity contribution >= 4 is 5.96 Å². The van der Waals surface area contributed by atoms with E-state index in [4.69, 9.17) is 28.4 Å². The smallest absolute Gasteiger partial charge is 0.203 e. The Morgan fingerprint density at radius 3 is 1.47 bits per heavy atom. The van der Waals surface area contributed by atoms with Gasteiger partial charge >= 0.3 is 0 Å². The molecule has 0 radical (unpaired) electrons. The molecule has 0 heterocycles. The van der Waals surface area contributed by atoms with Gasteiger partial charge in [0.05, 0.1) is 49.2 Å². The van der Waals surface area contributed by atoms with Crippen LogP contribution in [0.1, 0.15) is 18.1 Å². The number of ether oxygens (including phenoxy) is 6. The van der Waals surface area contributed by atoms with Crippen LogP contribution in [-0.4, -0.2) is 55.2 Å². The largest absolute Gasteiger partial charge is 0.493 e. The first kappa shape index (κ1) is 24.8. The van der Waals surface area contributed by atoms with Gasteiger partial charge in [0.1, 0.15) is 0 Å². The van der Waals surface area contributed by atoms with Crippen molar-refractivity contribution in [2.24, 2.45) is 4.99 Å². The summed E-state index contributed by atoms with van der Waals surface area (Å²) in [6, 6.07) is 7.56. The third kappa shape index (κ3) is 6.03. The molecule has 2 aromatic carbocycles. The van der Waals surface area contributed by atoms with Crippen molar-refractivity contribution < 1.29 is 28.4 Å². The molecule has 2 N–H and O–H groups in total. The summed E-state index contributed by atoms with van der Waals surface area (Å²) < 4.78 is 32.5. The lowest BCUT2D eigenvalue weighted by Crippen LogP contribution is -2.36. The topological polar surface area (TPSA) is 91.8 Å². The van der Waals surface area contributed by atoms with E-state index in [9.17, 15) is 0 Å². The molecule has 0 aliphatic carbocycles. The zero-order valence-electron chi connectivity index (χ0n) is 19.8. The highest BCUT2D eigenvalue weighted by molar-refractivity contribution is 5.79. The highest BCUT2D eigenvalue weighted by Crippen LogP contribution is 2.39. The van der Waals surface area contributed by atoms with Gasteiger partial charge in [0.15, 0.2) is 29.0 Å². The maximum absolute atomic E-state index is 5.43. The second-order valence-corrected chi connectivity index (χ2v) is 6.62. The number of hydrogen-bond acceptors (Lipinski definition) is 7. The number of nitrogens with one attached hydrogen (secondary N) is 2. The highest BCUT2D eigenvalue weighted by atomic mass is 16.5. The van der Waals surface area contributed by atoms with Crippen molar-refractivity contribution in [3.63, 3.8) is 0 Å². The molecule has 2 rings (SSSR count). The van der Waals surface area contributed by atoms with Crippen molar-refractivity contribution in [2.45, 2.75) is 20.0 Å². The van der Waals surface area contributed by atoms with Crippen molar-refractivity contribution in [3.8, 4) is 34.5 Å². The van der Waals surface area contributed by atoms with Gasteiger partial charge in [-0.25, -0.2) is 4.99 Å². The van der Waals surface area contributed by atoms with Gasteiger partial charge in [-0.15, -0.1) is 0 Å². The first-order valence-corrected chi connectivity index (χ1v) is 10.1. The predicted octanol–water partition coefficient (Wildman–Crippen LogP) is 2.99. The Balaban J connectivity index is 2.21. The monoisotopic (exact) mass is 447 g/mol. The number of nitrogens with zero attached hydrogens (tertiary/aromatic N) is 1. The summed E-state index contributed by atoms with van der Waals surface area (Å²) >= 11 is 0. The van der Waals surface area contributed by atoms with E-state index in [-0.39, 0.29) is 0 Å². The Kier molecular flexibility index (Phi) is 9.59. The molecule has 0 aliphatic rings. The Hall–Kier alpha value is -3.49. The Bertz CT molecular complexity index is 867. The lowest BCUT2D eigenvalue weighted by molar-refractivity contribution is 0.323. The molecule has 0 bridgehead atoms. The van der Waals surface area contributed by atoms with Gasteiger partial charge in [0.2, 0.25) is 11.5 Å². The van der Waals surface area contributed by atoms with Crippen molar-refractivity contribution in [2.75, 3.05) is 49.2 Å². The van der Waals surface area contributed by atoms with Crippen molar-refractivity contribution in [1.29, 1.82) is 0 Å². The van der Waals surface area contributed by atoms with Gasteiger partial charge in [-0.2, -0.15) is 0 Å². The molecule has 2 aromatic rings. The van der Waals surface area contributed by atoms with E-state index in [1.165, 1.54) is 0 Å². The summed E-state index contributed by atoms with van der Waals surface area (Å²) in [6.07, 6.45) is 0. The molecule has 0 atom stereocenters. The van der Waals surface area contributed by atoms with Crippen LogP contribution in [0.3, 0.4) is 0 Å². The van der Waals surface area contributed by atoms with Crippen LogP contribution >= 0.6 is 0 Å². The van der Waals surface area contributed by atoms with Gasteiger partial charge in [0.25, 0.3) is 0 Å². The van der Waals surface area contributed by atoms with Gasteiger partial charge in [-0.3, -0.25) is 0 Å². The fraction of sp³-hybridized carbons (Fsp3) is 0.435.